The van der Waals surface area contributed by atoms with Crippen LogP contribution in [0.25, 0.3) is 0 Å². The lowest BCUT2D eigenvalue weighted by Crippen LogP contribution is -2.23. The third-order valence-electron chi connectivity index (χ3n) is 4.05. The molecule has 1 aliphatic heterocycles. The molecule has 138 valence electrons. The smallest absolute Gasteiger partial charge is 0.262 e. The number of aliphatic hydroxyl groups is 1. The molecule has 1 heterocycles. The number of hydrogen-bond acceptors (Lipinski definition) is 5. The predicted octanol–water partition coefficient (Wildman–Crippen LogP) is 3.16. The van der Waals surface area contributed by atoms with Gasteiger partial charge in [0.2, 0.25) is 0 Å². The third-order valence-corrected chi connectivity index (χ3v) is 4.05. The summed E-state index contributed by atoms with van der Waals surface area (Å²) in [5.41, 5.74) is 1.09. The van der Waals surface area contributed by atoms with Crippen molar-refractivity contribution in [2.24, 2.45) is 5.92 Å². The van der Waals surface area contributed by atoms with E-state index in [1.165, 1.54) is 0 Å². The normalized spacial score (nSPS) is 14.0. The molecule has 0 saturated heterocycles. The van der Waals surface area contributed by atoms with Crippen molar-refractivity contribution in [1.29, 1.82) is 0 Å². The first-order valence-electron chi connectivity index (χ1n) is 8.64. The Morgan fingerprint density at radius 3 is 2.46 bits per heavy atom. The predicted molar refractivity (Wildman–Crippen MR) is 97.8 cm³/mol. The van der Waals surface area contributed by atoms with Gasteiger partial charge in [0, 0.05) is 11.6 Å². The molecule has 1 aliphatic rings. The lowest BCUT2D eigenvalue weighted by atomic mass is 9.96. The van der Waals surface area contributed by atoms with Crippen molar-refractivity contribution in [1.82, 2.24) is 0 Å². The van der Waals surface area contributed by atoms with Gasteiger partial charge in [-0.25, -0.2) is 0 Å². The summed E-state index contributed by atoms with van der Waals surface area (Å²) in [6, 6.07) is 12.5. The zero-order valence-corrected chi connectivity index (χ0v) is 14.9. The van der Waals surface area contributed by atoms with Crippen LogP contribution in [-0.4, -0.2) is 30.8 Å². The molecule has 6 heteroatoms. The van der Waals surface area contributed by atoms with E-state index in [0.29, 0.717) is 41.7 Å². The summed E-state index contributed by atoms with van der Waals surface area (Å²) < 4.78 is 16.6. The second-order valence-corrected chi connectivity index (χ2v) is 6.42. The monoisotopic (exact) mass is 357 g/mol. The van der Waals surface area contributed by atoms with Crippen LogP contribution in [0.3, 0.4) is 0 Å². The number of hydrogen-bond donors (Lipinski definition) is 2. The van der Waals surface area contributed by atoms with Crippen LogP contribution in [0, 0.1) is 5.92 Å². The molecular formula is C20H23NO5. The van der Waals surface area contributed by atoms with Crippen LogP contribution in [-0.2, 0) is 4.79 Å². The number of rotatable bonds is 6. The summed E-state index contributed by atoms with van der Waals surface area (Å²) in [5.74, 6) is 1.41. The molecule has 0 aliphatic carbocycles. The van der Waals surface area contributed by atoms with Crippen LogP contribution in [0.5, 0.6) is 17.2 Å². The molecule has 0 unspecified atom stereocenters. The second-order valence-electron chi connectivity index (χ2n) is 6.42. The van der Waals surface area contributed by atoms with Crippen molar-refractivity contribution in [2.45, 2.75) is 20.0 Å². The molecule has 2 aromatic rings. The van der Waals surface area contributed by atoms with Gasteiger partial charge in [0.15, 0.2) is 18.1 Å². The highest BCUT2D eigenvalue weighted by Gasteiger charge is 2.23. The van der Waals surface area contributed by atoms with E-state index >= 15 is 0 Å². The minimum atomic E-state index is -0.740. The lowest BCUT2D eigenvalue weighted by Gasteiger charge is -2.24. The number of ether oxygens (including phenoxy) is 3. The van der Waals surface area contributed by atoms with E-state index in [9.17, 15) is 9.90 Å². The highest BCUT2D eigenvalue weighted by Crippen LogP contribution is 2.39. The van der Waals surface area contributed by atoms with Gasteiger partial charge in [-0.15, -0.1) is 0 Å². The molecule has 2 N–H and O–H groups in total. The Morgan fingerprint density at radius 1 is 1.15 bits per heavy atom. The topological polar surface area (TPSA) is 77.0 Å². The molecular weight excluding hydrogens is 334 g/mol. The van der Waals surface area contributed by atoms with Gasteiger partial charge in [-0.3, -0.25) is 4.79 Å². The van der Waals surface area contributed by atoms with Gasteiger partial charge >= 0.3 is 0 Å². The van der Waals surface area contributed by atoms with E-state index in [1.54, 1.807) is 24.3 Å². The molecule has 1 atom stereocenters. The molecule has 2 aromatic carbocycles. The Hall–Kier alpha value is -2.73. The van der Waals surface area contributed by atoms with Gasteiger partial charge in [0.25, 0.3) is 5.91 Å². The van der Waals surface area contributed by atoms with Gasteiger partial charge in [0.05, 0.1) is 11.8 Å². The van der Waals surface area contributed by atoms with Crippen molar-refractivity contribution in [3.05, 3.63) is 48.0 Å². The van der Waals surface area contributed by atoms with Crippen LogP contribution >= 0.6 is 0 Å². The number of amides is 1. The minimum absolute atomic E-state index is 0.0196. The Morgan fingerprint density at radius 2 is 1.81 bits per heavy atom. The van der Waals surface area contributed by atoms with Crippen molar-refractivity contribution in [3.63, 3.8) is 0 Å². The van der Waals surface area contributed by atoms with Gasteiger partial charge < -0.3 is 24.6 Å². The maximum atomic E-state index is 12.3. The zero-order valence-electron chi connectivity index (χ0n) is 14.9. The summed E-state index contributed by atoms with van der Waals surface area (Å²) in [5, 5.41) is 13.3. The molecule has 0 saturated carbocycles. The van der Waals surface area contributed by atoms with Crippen molar-refractivity contribution in [3.8, 4) is 17.2 Å². The van der Waals surface area contributed by atoms with Gasteiger partial charge in [0.1, 0.15) is 19.0 Å². The number of fused-ring (bicyclic) bond motifs is 1. The number of para-hydroxylation sites is 1. The van der Waals surface area contributed by atoms with Gasteiger partial charge in [-0.2, -0.15) is 0 Å². The van der Waals surface area contributed by atoms with E-state index in [2.05, 4.69) is 5.32 Å². The molecule has 3 rings (SSSR count). The molecule has 26 heavy (non-hydrogen) atoms. The Labute approximate surface area is 152 Å². The molecule has 0 fully saturated rings. The largest absolute Gasteiger partial charge is 0.486 e. The first-order chi connectivity index (χ1) is 12.5. The quantitative estimate of drug-likeness (QED) is 0.830. The minimum Gasteiger partial charge on any atom is -0.486 e. The SMILES string of the molecule is CC(C)[C@H](O)c1cc2c(cc1NC(=O)COc1ccccc1)OCCO2. The van der Waals surface area contributed by atoms with Crippen LogP contribution in [0.4, 0.5) is 5.69 Å². The van der Waals surface area contributed by atoms with E-state index in [-0.39, 0.29) is 18.4 Å². The van der Waals surface area contributed by atoms with Gasteiger partial charge in [-0.05, 0) is 24.1 Å². The molecule has 1 amide bonds. The van der Waals surface area contributed by atoms with E-state index < -0.39 is 6.10 Å². The Bertz CT molecular complexity index is 760. The molecule has 0 radical (unpaired) electrons. The van der Waals surface area contributed by atoms with E-state index in [0.717, 1.165) is 0 Å². The van der Waals surface area contributed by atoms with Crippen LogP contribution in [0.2, 0.25) is 0 Å². The zero-order chi connectivity index (χ0) is 18.5. The molecule has 0 spiro atoms. The lowest BCUT2D eigenvalue weighted by molar-refractivity contribution is -0.118. The number of benzene rings is 2. The first kappa shape index (κ1) is 18.1. The summed E-state index contributed by atoms with van der Waals surface area (Å²) in [4.78, 5) is 12.3. The fraction of sp³-hybridized carbons (Fsp3) is 0.350. The van der Waals surface area contributed by atoms with Gasteiger partial charge in [-0.1, -0.05) is 32.0 Å². The standard InChI is InChI=1S/C20H23NO5/c1-13(2)20(23)15-10-17-18(25-9-8-24-17)11-16(15)21-19(22)12-26-14-6-4-3-5-7-14/h3-7,10-11,13,20,23H,8-9,12H2,1-2H3,(H,21,22)/t20-/m0/s1. The Balaban J connectivity index is 1.77. The van der Waals surface area contributed by atoms with Crippen molar-refractivity contribution in [2.75, 3.05) is 25.1 Å². The second kappa shape index (κ2) is 8.10. The maximum absolute atomic E-state index is 12.3. The summed E-state index contributed by atoms with van der Waals surface area (Å²) >= 11 is 0. The van der Waals surface area contributed by atoms with Crippen LogP contribution in [0.15, 0.2) is 42.5 Å². The molecule has 6 nitrogen and oxygen atoms in total. The fourth-order valence-corrected chi connectivity index (χ4v) is 2.67. The summed E-state index contributed by atoms with van der Waals surface area (Å²) in [6.07, 6.45) is -0.740. The van der Waals surface area contributed by atoms with Crippen molar-refractivity contribution >= 4 is 11.6 Å². The average Bonchev–Trinajstić information content (AvgIpc) is 2.66. The Kier molecular flexibility index (Phi) is 5.63. The van der Waals surface area contributed by atoms with E-state index in [1.807, 2.05) is 32.0 Å². The first-order valence-corrected chi connectivity index (χ1v) is 8.64. The molecule has 0 bridgehead atoms. The maximum Gasteiger partial charge on any atom is 0.262 e. The average molecular weight is 357 g/mol. The number of aliphatic hydroxyl groups excluding tert-OH is 1. The summed E-state index contributed by atoms with van der Waals surface area (Å²) in [7, 11) is 0. The number of carbonyl (C=O) groups excluding carboxylic acids is 1. The number of anilines is 1. The van der Waals surface area contributed by atoms with Crippen LogP contribution in [0.1, 0.15) is 25.5 Å². The fourth-order valence-electron chi connectivity index (χ4n) is 2.67. The number of carbonyl (C=O) groups is 1. The van der Waals surface area contributed by atoms with Crippen molar-refractivity contribution < 1.29 is 24.1 Å². The highest BCUT2D eigenvalue weighted by molar-refractivity contribution is 5.93. The highest BCUT2D eigenvalue weighted by atomic mass is 16.6. The molecule has 0 aromatic heterocycles. The third kappa shape index (κ3) is 4.26. The number of nitrogens with one attached hydrogen (secondary N) is 1. The summed E-state index contributed by atoms with van der Waals surface area (Å²) in [6.45, 7) is 4.59. The van der Waals surface area contributed by atoms with Crippen LogP contribution < -0.4 is 19.5 Å². The van der Waals surface area contributed by atoms with E-state index in [4.69, 9.17) is 14.2 Å².